The smallest absolute Gasteiger partial charge is 0.332 e. The Kier molecular flexibility index (Phi) is 50.6. The molecule has 0 aromatic heterocycles. The molecule has 0 N–H and O–H groups in total. The molecular formula is C84H140O49. The van der Waals surface area contributed by atoms with Gasteiger partial charge in [-0.25, -0.2) is 33.6 Å². The zero-order valence-corrected chi connectivity index (χ0v) is 79.6. The lowest BCUT2D eigenvalue weighted by Gasteiger charge is -2.52. The van der Waals surface area contributed by atoms with Gasteiger partial charge in [0, 0.05) is 99.5 Å². The van der Waals surface area contributed by atoms with Crippen molar-refractivity contribution in [3.05, 3.63) is 0 Å². The Bertz CT molecular complexity index is 2750. The van der Waals surface area contributed by atoms with Gasteiger partial charge in [-0.1, -0.05) is 0 Å². The molecule has 0 aromatic carbocycles. The minimum absolute atomic E-state index is 0.00465. The molecule has 49 nitrogen and oxygen atoms in total. The molecule has 21 aliphatic rings. The minimum Gasteiger partial charge on any atom is -0.464 e. The fourth-order valence-corrected chi connectivity index (χ4v) is 16.9. The van der Waals surface area contributed by atoms with Crippen molar-refractivity contribution in [2.45, 2.75) is 263 Å². The van der Waals surface area contributed by atoms with Gasteiger partial charge < -0.3 is 199 Å². The van der Waals surface area contributed by atoms with Crippen molar-refractivity contribution in [1.82, 2.24) is 0 Å². The van der Waals surface area contributed by atoms with E-state index < -0.39 is 349 Å². The van der Waals surface area contributed by atoms with E-state index in [-0.39, 0.29) is 46.2 Å². The Labute approximate surface area is 773 Å². The molecule has 21 aliphatic heterocycles. The van der Waals surface area contributed by atoms with Crippen LogP contribution in [0, 0.1) is 0 Å². The van der Waals surface area contributed by atoms with Crippen molar-refractivity contribution in [2.75, 3.05) is 238 Å². The van der Waals surface area contributed by atoms with Gasteiger partial charge in [-0.2, -0.15) is 0 Å². The van der Waals surface area contributed by atoms with E-state index in [4.69, 9.17) is 199 Å². The van der Waals surface area contributed by atoms with E-state index in [0.29, 0.717) is 0 Å². The fourth-order valence-electron chi connectivity index (χ4n) is 16.9. The molecule has 21 rings (SSSR count). The summed E-state index contributed by atoms with van der Waals surface area (Å²) >= 11 is 0. The van der Waals surface area contributed by atoms with Crippen molar-refractivity contribution >= 4 is 41.8 Å². The third-order valence-corrected chi connectivity index (χ3v) is 22.6. The summed E-state index contributed by atoms with van der Waals surface area (Å²) in [6.45, 7) is 3.71. The van der Waals surface area contributed by atoms with E-state index in [1.807, 2.05) is 0 Å². The lowest BCUT2D eigenvalue weighted by molar-refractivity contribution is -0.403. The highest BCUT2D eigenvalue weighted by atomic mass is 16.8. The van der Waals surface area contributed by atoms with Crippen molar-refractivity contribution in [2.24, 2.45) is 0 Å². The molecule has 21 heterocycles. The first kappa shape index (κ1) is 113. The zero-order valence-electron chi connectivity index (χ0n) is 79.6. The number of rotatable bonds is 49. The molecule has 0 amide bonds. The van der Waals surface area contributed by atoms with Crippen LogP contribution in [-0.2, 0) is 233 Å². The maximum atomic E-state index is 13.2. The van der Waals surface area contributed by atoms with Crippen molar-refractivity contribution in [3.63, 3.8) is 0 Å². The number of carbonyl (C=O) groups excluding carboxylic acids is 7. The topological polar surface area (TPSA) is 507 Å². The molecule has 0 saturated carbocycles. The Morgan fingerprint density at radius 2 is 0.271 bits per heavy atom. The third-order valence-electron chi connectivity index (χ3n) is 22.6. The van der Waals surface area contributed by atoms with Crippen molar-refractivity contribution < 1.29 is 233 Å². The van der Waals surface area contributed by atoms with Gasteiger partial charge in [0.1, 0.15) is 217 Å². The number of esters is 7. The fraction of sp³-hybridized carbons (Fsp3) is 0.917. The first-order chi connectivity index (χ1) is 64.4. The lowest BCUT2D eigenvalue weighted by atomic mass is 9.94. The normalized spacial score (nSPS) is 36.7. The van der Waals surface area contributed by atoms with Crippen molar-refractivity contribution in [1.29, 1.82) is 0 Å². The standard InChI is InChI=1S/C84H140O49/c1-22-113-50(85)36-106-29-43-57-64(92-8)71(99-15)78(120-43)128-58-44(30-107-37-51(86)114-23-2)122-80(73(101-17)65(58)93-9)130-60-46(32-109-39-53(88)116-25-4)124-82(75(103-19)67(60)95-11)132-62-48(34-111-41-55(90)118-27-6)126-84(77(105-21)69(62)97-13)133-63-49(35-112-42-56(91)119-28-7)125-83(76(104-20)70(63)98-14)131-61-47(33-110-40-54(89)117-26-5)123-81(74(102-18)68(61)96-12)129-59-45(31-108-38-52(87)115-24-3)121-79(127-57)72(100-16)66(59)94-10/h43-49,57-84H,22-42H2,1-21H3/t43-,44-,45-,46-,47+,48+,49+,57-,58-,59-,60-,61-,62-,63-,64-,65+,66-,67+,68+,69+,70+,71+,72-,73+,74-,75-,76-,77-,78-,79-,80-,81-,82-,83-,84-/m1/s1. The number of methoxy groups -OCH3 is 14. The van der Waals surface area contributed by atoms with Crippen LogP contribution in [0.15, 0.2) is 0 Å². The highest BCUT2D eigenvalue weighted by Crippen LogP contribution is 2.44. The highest BCUT2D eigenvalue weighted by Gasteiger charge is 2.63. The SMILES string of the molecule is CCOC(=O)COC[C@@H]1O[C@@H]2O[C@H]3[C@H](OC)[C@@H](OC)[C@@H](O[C@H]4[C@@H](OC)[C@@H](OC)[C@@H](O[C@H]5[C@@H](OC)[C@H](OC)[C@@H](O[C@H]6[C@H](OC)[C@H](OC)[C@@H](O[C@H]7[C@H](OC)[C@@H](OC)[C@@H](O[C@H]8[C@H](OC)[C@@H](OC)[C@@H](O[C@H]1[C@H](OC)[C@H]2OC)O[C@H]8COCC(=O)OCC)O[C@@H]7COCC(=O)OCC)O[C@@H]6COCC(=O)OCC)O[C@@H]5COCC(=O)OCC)O[C@@H]4COCC(=O)OCC)O[C@H]3COCC(=O)OCC. The first-order valence-corrected chi connectivity index (χ1v) is 44.2. The van der Waals surface area contributed by atoms with Crippen LogP contribution in [0.2, 0.25) is 0 Å². The summed E-state index contributed by atoms with van der Waals surface area (Å²) in [5, 5.41) is 0. The van der Waals surface area contributed by atoms with Gasteiger partial charge in [0.25, 0.3) is 0 Å². The van der Waals surface area contributed by atoms with Gasteiger partial charge >= 0.3 is 41.8 Å². The maximum absolute atomic E-state index is 13.2. The first-order valence-electron chi connectivity index (χ1n) is 44.2. The largest absolute Gasteiger partial charge is 0.464 e. The van der Waals surface area contributed by atoms with E-state index in [1.54, 1.807) is 48.5 Å². The quantitative estimate of drug-likeness (QED) is 0.0471. The molecule has 0 aliphatic carbocycles. The second-order valence-electron chi connectivity index (χ2n) is 30.6. The monoisotopic (exact) mass is 1930 g/mol. The minimum atomic E-state index is -1.60. The molecular weight excluding hydrogens is 1790 g/mol. The Balaban J connectivity index is 1.36. The molecule has 0 radical (unpaired) electrons. The molecule has 0 spiro atoms. The van der Waals surface area contributed by atoms with Crippen LogP contribution < -0.4 is 0 Å². The Hall–Kier alpha value is -5.11. The molecule has 0 aromatic rings. The molecule has 14 bridgehead atoms. The molecule has 35 atom stereocenters. The predicted octanol–water partition coefficient (Wildman–Crippen LogP) is -1.96. The number of ether oxygens (including phenoxy) is 42. The summed E-state index contributed by atoms with van der Waals surface area (Å²) in [7, 11) is 18.9. The van der Waals surface area contributed by atoms with Crippen LogP contribution >= 0.6 is 0 Å². The molecule has 770 valence electrons. The van der Waals surface area contributed by atoms with Crippen molar-refractivity contribution in [3.8, 4) is 0 Å². The van der Waals surface area contributed by atoms with Crippen LogP contribution in [0.3, 0.4) is 0 Å². The number of carbonyl (C=O) groups is 7. The van der Waals surface area contributed by atoms with Crippen LogP contribution in [0.5, 0.6) is 0 Å². The van der Waals surface area contributed by atoms with E-state index >= 15 is 0 Å². The van der Waals surface area contributed by atoms with E-state index in [2.05, 4.69) is 0 Å². The van der Waals surface area contributed by atoms with Gasteiger partial charge in [-0.3, -0.25) is 0 Å². The predicted molar refractivity (Wildman–Crippen MR) is 438 cm³/mol. The van der Waals surface area contributed by atoms with E-state index in [1.165, 1.54) is 99.5 Å². The van der Waals surface area contributed by atoms with Crippen LogP contribution in [-0.4, -0.2) is 495 Å². The molecule has 21 saturated heterocycles. The molecule has 0 unspecified atom stereocenters. The van der Waals surface area contributed by atoms with Crippen LogP contribution in [0.25, 0.3) is 0 Å². The van der Waals surface area contributed by atoms with E-state index in [9.17, 15) is 33.6 Å². The van der Waals surface area contributed by atoms with Crippen LogP contribution in [0.4, 0.5) is 0 Å². The van der Waals surface area contributed by atoms with Gasteiger partial charge in [-0.15, -0.1) is 0 Å². The van der Waals surface area contributed by atoms with Gasteiger partial charge in [0.2, 0.25) is 0 Å². The summed E-state index contributed by atoms with van der Waals surface area (Å²) in [6.07, 6.45) is -49.4. The average Bonchev–Trinajstić information content (AvgIpc) is 0.987. The third kappa shape index (κ3) is 30.7. The van der Waals surface area contributed by atoms with Gasteiger partial charge in [-0.05, 0) is 48.5 Å². The average molecular weight is 1930 g/mol. The van der Waals surface area contributed by atoms with Crippen LogP contribution in [0.1, 0.15) is 48.5 Å². The van der Waals surface area contributed by atoms with E-state index in [0.717, 1.165) is 0 Å². The highest BCUT2D eigenvalue weighted by molar-refractivity contribution is 5.72. The number of hydrogen-bond donors (Lipinski definition) is 0. The summed E-state index contributed by atoms with van der Waals surface area (Å²) in [5.41, 5.74) is 0. The summed E-state index contributed by atoms with van der Waals surface area (Å²) in [5.74, 6) is -5.20. The second kappa shape index (κ2) is 59.5. The summed E-state index contributed by atoms with van der Waals surface area (Å²) in [6, 6.07) is 0. The second-order valence-corrected chi connectivity index (χ2v) is 30.6. The summed E-state index contributed by atoms with van der Waals surface area (Å²) in [4.78, 5) is 92.2. The molecule has 133 heavy (non-hydrogen) atoms. The van der Waals surface area contributed by atoms with Gasteiger partial charge in [0.15, 0.2) is 44.0 Å². The lowest BCUT2D eigenvalue weighted by Crippen LogP contribution is -2.69. The Morgan fingerprint density at radius 3 is 0.361 bits per heavy atom. The number of hydrogen-bond acceptors (Lipinski definition) is 49. The molecule has 21 fully saturated rings. The molecule has 49 heteroatoms. The zero-order chi connectivity index (χ0) is 96.8. The summed E-state index contributed by atoms with van der Waals surface area (Å²) < 4.78 is 268. The van der Waals surface area contributed by atoms with Gasteiger partial charge in [0.05, 0.1) is 92.5 Å². The maximum Gasteiger partial charge on any atom is 0.332 e. The Morgan fingerprint density at radius 1 is 0.165 bits per heavy atom.